The van der Waals surface area contributed by atoms with Gasteiger partial charge in [0.2, 0.25) is 0 Å². The Morgan fingerprint density at radius 3 is 2.44 bits per heavy atom. The van der Waals surface area contributed by atoms with Crippen LogP contribution in [0.3, 0.4) is 0 Å². The van der Waals surface area contributed by atoms with E-state index in [1.165, 1.54) is 4.70 Å². The fraction of sp³-hybridized carbons (Fsp3) is 0.0909. The van der Waals surface area contributed by atoms with Crippen LogP contribution in [0.5, 0.6) is 0 Å². The summed E-state index contributed by atoms with van der Waals surface area (Å²) in [6.07, 6.45) is 0.868. The number of para-hydroxylation sites is 2. The van der Waals surface area contributed by atoms with Crippen LogP contribution in [0.15, 0.2) is 72.8 Å². The van der Waals surface area contributed by atoms with Crippen molar-refractivity contribution in [2.75, 3.05) is 10.6 Å². The molecule has 0 saturated carbocycles. The summed E-state index contributed by atoms with van der Waals surface area (Å²) in [5, 5.41) is 6.77. The van der Waals surface area contributed by atoms with E-state index in [4.69, 9.17) is 0 Å². The van der Waals surface area contributed by atoms with Crippen LogP contribution in [-0.4, -0.2) is 11.0 Å². The normalized spacial score (nSPS) is 10.7. The van der Waals surface area contributed by atoms with Crippen molar-refractivity contribution in [1.29, 1.82) is 0 Å². The van der Waals surface area contributed by atoms with Gasteiger partial charge in [-0.05, 0) is 54.4 Å². The number of carbonyl (C=O) groups is 1. The molecule has 0 aliphatic carbocycles. The molecule has 3 aromatic carbocycles. The van der Waals surface area contributed by atoms with Gasteiger partial charge in [0.15, 0.2) is 0 Å². The SMILES string of the molecule is CCc1ccccc1NC(=O)Nc1ccc(-c2nc3ccccc3s2)cc1. The number of thiazole rings is 1. The number of carbonyl (C=O) groups excluding carboxylic acids is 1. The van der Waals surface area contributed by atoms with E-state index >= 15 is 0 Å². The molecule has 1 aromatic heterocycles. The van der Waals surface area contributed by atoms with E-state index in [2.05, 4.69) is 28.6 Å². The molecule has 4 nitrogen and oxygen atoms in total. The van der Waals surface area contributed by atoms with E-state index in [0.717, 1.165) is 39.4 Å². The zero-order chi connectivity index (χ0) is 18.6. The van der Waals surface area contributed by atoms with Crippen molar-refractivity contribution in [3.8, 4) is 10.6 Å². The number of aromatic nitrogens is 1. The van der Waals surface area contributed by atoms with Crippen molar-refractivity contribution in [2.45, 2.75) is 13.3 Å². The first kappa shape index (κ1) is 17.2. The van der Waals surface area contributed by atoms with E-state index in [-0.39, 0.29) is 6.03 Å². The summed E-state index contributed by atoms with van der Waals surface area (Å²) < 4.78 is 1.17. The van der Waals surface area contributed by atoms with E-state index < -0.39 is 0 Å². The number of nitrogens with zero attached hydrogens (tertiary/aromatic N) is 1. The molecule has 2 amide bonds. The molecule has 0 bridgehead atoms. The highest BCUT2D eigenvalue weighted by atomic mass is 32.1. The molecular formula is C22H19N3OS. The van der Waals surface area contributed by atoms with Gasteiger partial charge >= 0.3 is 6.03 Å². The standard InChI is InChI=1S/C22H19N3OS/c1-2-15-7-3-4-8-18(15)25-22(26)23-17-13-11-16(12-14-17)21-24-19-9-5-6-10-20(19)27-21/h3-14H,2H2,1H3,(H2,23,25,26). The maximum absolute atomic E-state index is 12.3. The highest BCUT2D eigenvalue weighted by Gasteiger charge is 2.08. The Balaban J connectivity index is 1.46. The second-order valence-electron chi connectivity index (χ2n) is 6.15. The lowest BCUT2D eigenvalue weighted by Crippen LogP contribution is -2.20. The molecule has 0 fully saturated rings. The average Bonchev–Trinajstić information content (AvgIpc) is 3.13. The van der Waals surface area contributed by atoms with Gasteiger partial charge in [-0.1, -0.05) is 37.3 Å². The number of fused-ring (bicyclic) bond motifs is 1. The number of benzene rings is 3. The van der Waals surface area contributed by atoms with E-state index in [1.807, 2.05) is 66.7 Å². The molecule has 0 radical (unpaired) electrons. The van der Waals surface area contributed by atoms with Gasteiger partial charge < -0.3 is 10.6 Å². The predicted molar refractivity (Wildman–Crippen MR) is 114 cm³/mol. The summed E-state index contributed by atoms with van der Waals surface area (Å²) in [7, 11) is 0. The van der Waals surface area contributed by atoms with Crippen LogP contribution in [0.25, 0.3) is 20.8 Å². The molecule has 2 N–H and O–H groups in total. The van der Waals surface area contributed by atoms with Crippen LogP contribution in [0.4, 0.5) is 16.2 Å². The second kappa shape index (κ2) is 7.60. The van der Waals surface area contributed by atoms with Crippen molar-refractivity contribution < 1.29 is 4.79 Å². The van der Waals surface area contributed by atoms with Gasteiger partial charge in [-0.15, -0.1) is 11.3 Å². The zero-order valence-corrected chi connectivity index (χ0v) is 15.7. The molecule has 4 rings (SSSR count). The average molecular weight is 373 g/mol. The molecule has 134 valence electrons. The molecule has 0 saturated heterocycles. The van der Waals surface area contributed by atoms with Crippen LogP contribution in [0, 0.1) is 0 Å². The fourth-order valence-corrected chi connectivity index (χ4v) is 3.90. The first-order chi connectivity index (χ1) is 13.2. The van der Waals surface area contributed by atoms with Gasteiger partial charge in [-0.3, -0.25) is 0 Å². The Bertz CT molecular complexity index is 1050. The number of rotatable bonds is 4. The molecule has 0 spiro atoms. The molecule has 4 aromatic rings. The van der Waals surface area contributed by atoms with Crippen molar-refractivity contribution in [3.63, 3.8) is 0 Å². The summed E-state index contributed by atoms with van der Waals surface area (Å²) in [5.41, 5.74) is 4.74. The molecule has 0 aliphatic rings. The lowest BCUT2D eigenvalue weighted by atomic mass is 10.1. The van der Waals surface area contributed by atoms with Gasteiger partial charge in [-0.2, -0.15) is 0 Å². The molecule has 0 atom stereocenters. The number of hydrogen-bond donors (Lipinski definition) is 2. The maximum Gasteiger partial charge on any atom is 0.323 e. The van der Waals surface area contributed by atoms with Crippen LogP contribution < -0.4 is 10.6 Å². The summed E-state index contributed by atoms with van der Waals surface area (Å²) >= 11 is 1.67. The van der Waals surface area contributed by atoms with Gasteiger partial charge in [0.1, 0.15) is 5.01 Å². The minimum Gasteiger partial charge on any atom is -0.308 e. The smallest absolute Gasteiger partial charge is 0.308 e. The van der Waals surface area contributed by atoms with Gasteiger partial charge in [0, 0.05) is 16.9 Å². The highest BCUT2D eigenvalue weighted by Crippen LogP contribution is 2.30. The van der Waals surface area contributed by atoms with Crippen LogP contribution >= 0.6 is 11.3 Å². The second-order valence-corrected chi connectivity index (χ2v) is 7.18. The van der Waals surface area contributed by atoms with E-state index in [0.29, 0.717) is 0 Å². The lowest BCUT2D eigenvalue weighted by Gasteiger charge is -2.11. The summed E-state index contributed by atoms with van der Waals surface area (Å²) in [4.78, 5) is 17.0. The molecule has 0 aliphatic heterocycles. The minimum atomic E-state index is -0.247. The first-order valence-electron chi connectivity index (χ1n) is 8.85. The third-order valence-corrected chi connectivity index (χ3v) is 5.42. The number of anilines is 2. The first-order valence-corrected chi connectivity index (χ1v) is 9.66. The molecule has 1 heterocycles. The predicted octanol–water partition coefficient (Wildman–Crippen LogP) is 6.17. The van der Waals surface area contributed by atoms with Crippen LogP contribution in [0.1, 0.15) is 12.5 Å². The maximum atomic E-state index is 12.3. The van der Waals surface area contributed by atoms with Crippen molar-refractivity contribution in [2.24, 2.45) is 0 Å². The number of urea groups is 1. The largest absolute Gasteiger partial charge is 0.323 e. The topological polar surface area (TPSA) is 54.0 Å². The fourth-order valence-electron chi connectivity index (χ4n) is 2.93. The Morgan fingerprint density at radius 2 is 1.67 bits per heavy atom. The number of nitrogens with one attached hydrogen (secondary N) is 2. The molecule has 5 heteroatoms. The number of aryl methyl sites for hydroxylation is 1. The van der Waals surface area contributed by atoms with Crippen LogP contribution in [-0.2, 0) is 6.42 Å². The Labute approximate surface area is 161 Å². The third kappa shape index (κ3) is 3.83. The highest BCUT2D eigenvalue weighted by molar-refractivity contribution is 7.21. The Morgan fingerprint density at radius 1 is 0.926 bits per heavy atom. The third-order valence-electron chi connectivity index (χ3n) is 4.33. The van der Waals surface area contributed by atoms with Gasteiger partial charge in [-0.25, -0.2) is 9.78 Å². The summed E-state index contributed by atoms with van der Waals surface area (Å²) in [5.74, 6) is 0. The van der Waals surface area contributed by atoms with E-state index in [9.17, 15) is 4.79 Å². The minimum absolute atomic E-state index is 0.247. The summed E-state index contributed by atoms with van der Waals surface area (Å²) in [6.45, 7) is 2.07. The quantitative estimate of drug-likeness (QED) is 0.449. The molecule has 0 unspecified atom stereocenters. The lowest BCUT2D eigenvalue weighted by molar-refractivity contribution is 0.262. The monoisotopic (exact) mass is 373 g/mol. The van der Waals surface area contributed by atoms with Crippen molar-refractivity contribution in [1.82, 2.24) is 4.98 Å². The Hall–Kier alpha value is -3.18. The summed E-state index contributed by atoms with van der Waals surface area (Å²) in [6, 6.07) is 23.4. The van der Waals surface area contributed by atoms with Gasteiger partial charge in [0.25, 0.3) is 0 Å². The molecule has 27 heavy (non-hydrogen) atoms. The van der Waals surface area contributed by atoms with Crippen molar-refractivity contribution in [3.05, 3.63) is 78.4 Å². The van der Waals surface area contributed by atoms with E-state index in [1.54, 1.807) is 11.3 Å². The van der Waals surface area contributed by atoms with Gasteiger partial charge in [0.05, 0.1) is 10.2 Å². The Kier molecular flexibility index (Phi) is 4.85. The van der Waals surface area contributed by atoms with Crippen molar-refractivity contribution >= 4 is 39.0 Å². The molecular weight excluding hydrogens is 354 g/mol. The number of amides is 2. The zero-order valence-electron chi connectivity index (χ0n) is 14.9. The number of hydrogen-bond acceptors (Lipinski definition) is 3. The van der Waals surface area contributed by atoms with Crippen LogP contribution in [0.2, 0.25) is 0 Å².